The van der Waals surface area contributed by atoms with Crippen molar-refractivity contribution in [1.29, 1.82) is 0 Å². The van der Waals surface area contributed by atoms with E-state index in [9.17, 15) is 10.1 Å². The molecule has 0 fully saturated rings. The van der Waals surface area contributed by atoms with Gasteiger partial charge in [-0.25, -0.2) is 0 Å². The fourth-order valence-electron chi connectivity index (χ4n) is 1.70. The fourth-order valence-corrected chi connectivity index (χ4v) is 2.41. The molecular weight excluding hydrogens is 248 g/mol. The summed E-state index contributed by atoms with van der Waals surface area (Å²) in [6.45, 7) is 2.52. The van der Waals surface area contributed by atoms with Crippen LogP contribution in [0.3, 0.4) is 0 Å². The summed E-state index contributed by atoms with van der Waals surface area (Å²) in [5, 5.41) is 18.2. The van der Waals surface area contributed by atoms with Crippen molar-refractivity contribution in [2.24, 2.45) is 0 Å². The Hall–Kier alpha value is -1.88. The van der Waals surface area contributed by atoms with Crippen LogP contribution in [0.2, 0.25) is 0 Å². The zero-order valence-corrected chi connectivity index (χ0v) is 10.9. The van der Waals surface area contributed by atoms with E-state index in [1.54, 1.807) is 30.4 Å². The Balaban J connectivity index is 1.97. The van der Waals surface area contributed by atoms with E-state index in [2.05, 4.69) is 16.8 Å². The van der Waals surface area contributed by atoms with E-state index >= 15 is 0 Å². The molecule has 0 aliphatic carbocycles. The highest BCUT2D eigenvalue weighted by Gasteiger charge is 2.10. The molecule has 4 nitrogen and oxygen atoms in total. The van der Waals surface area contributed by atoms with Crippen LogP contribution in [0.15, 0.2) is 35.0 Å². The van der Waals surface area contributed by atoms with Crippen LogP contribution in [0, 0.1) is 17.0 Å². The molecule has 1 N–H and O–H groups in total. The van der Waals surface area contributed by atoms with Gasteiger partial charge in [-0.2, -0.15) is 11.3 Å². The lowest BCUT2D eigenvalue weighted by Gasteiger charge is -2.06. The summed E-state index contributed by atoms with van der Waals surface area (Å²) in [6, 6.07) is 7.31. The Morgan fingerprint density at radius 3 is 2.89 bits per heavy atom. The minimum absolute atomic E-state index is 0.163. The van der Waals surface area contributed by atoms with Gasteiger partial charge in [0, 0.05) is 23.9 Å². The third-order valence-corrected chi connectivity index (χ3v) is 3.46. The van der Waals surface area contributed by atoms with Crippen LogP contribution >= 0.6 is 11.3 Å². The van der Waals surface area contributed by atoms with E-state index in [1.807, 2.05) is 11.4 Å². The van der Waals surface area contributed by atoms with Crippen molar-refractivity contribution in [3.8, 4) is 0 Å². The van der Waals surface area contributed by atoms with Gasteiger partial charge in [-0.1, -0.05) is 6.07 Å². The Bertz CT molecular complexity index is 538. The van der Waals surface area contributed by atoms with Gasteiger partial charge in [0.2, 0.25) is 0 Å². The Kier molecular flexibility index (Phi) is 3.94. The highest BCUT2D eigenvalue weighted by molar-refractivity contribution is 7.07. The van der Waals surface area contributed by atoms with Crippen molar-refractivity contribution >= 4 is 22.7 Å². The van der Waals surface area contributed by atoms with E-state index in [4.69, 9.17) is 0 Å². The molecule has 0 aliphatic rings. The predicted molar refractivity (Wildman–Crippen MR) is 74.3 cm³/mol. The summed E-state index contributed by atoms with van der Waals surface area (Å²) in [5.74, 6) is 0. The number of hydrogen-bond donors (Lipinski definition) is 1. The molecule has 18 heavy (non-hydrogen) atoms. The van der Waals surface area contributed by atoms with Crippen molar-refractivity contribution in [2.45, 2.75) is 13.3 Å². The van der Waals surface area contributed by atoms with E-state index in [1.165, 1.54) is 5.56 Å². The largest absolute Gasteiger partial charge is 0.385 e. The maximum Gasteiger partial charge on any atom is 0.274 e. The van der Waals surface area contributed by atoms with Gasteiger partial charge < -0.3 is 5.32 Å². The number of aryl methyl sites for hydroxylation is 1. The number of nitro benzene ring substituents is 1. The van der Waals surface area contributed by atoms with Gasteiger partial charge in [0.1, 0.15) is 0 Å². The fraction of sp³-hybridized carbons (Fsp3) is 0.231. The predicted octanol–water partition coefficient (Wildman–Crippen LogP) is 3.62. The number of nitro groups is 1. The van der Waals surface area contributed by atoms with Gasteiger partial charge in [-0.3, -0.25) is 10.1 Å². The van der Waals surface area contributed by atoms with Crippen molar-refractivity contribution in [3.05, 3.63) is 56.3 Å². The average molecular weight is 262 g/mol. The minimum atomic E-state index is -0.348. The lowest BCUT2D eigenvalue weighted by molar-refractivity contribution is -0.385. The molecule has 0 atom stereocenters. The molecule has 0 bridgehead atoms. The van der Waals surface area contributed by atoms with E-state index in [0.29, 0.717) is 5.56 Å². The summed E-state index contributed by atoms with van der Waals surface area (Å²) in [5.41, 5.74) is 2.93. The molecule has 0 saturated carbocycles. The van der Waals surface area contributed by atoms with Crippen LogP contribution in [0.4, 0.5) is 11.4 Å². The maximum absolute atomic E-state index is 10.8. The molecule has 2 rings (SSSR count). The second-order valence-corrected chi connectivity index (χ2v) is 4.85. The van der Waals surface area contributed by atoms with Crippen molar-refractivity contribution in [3.63, 3.8) is 0 Å². The van der Waals surface area contributed by atoms with Gasteiger partial charge in [0.25, 0.3) is 5.69 Å². The first-order valence-corrected chi connectivity index (χ1v) is 6.61. The monoisotopic (exact) mass is 262 g/mol. The lowest BCUT2D eigenvalue weighted by atomic mass is 10.2. The number of benzene rings is 1. The molecule has 0 radical (unpaired) electrons. The molecule has 0 aliphatic heterocycles. The summed E-state index contributed by atoms with van der Waals surface area (Å²) in [6.07, 6.45) is 0.922. The summed E-state index contributed by atoms with van der Waals surface area (Å²) in [4.78, 5) is 10.5. The lowest BCUT2D eigenvalue weighted by Crippen LogP contribution is -2.04. The van der Waals surface area contributed by atoms with E-state index in [-0.39, 0.29) is 10.6 Å². The van der Waals surface area contributed by atoms with Crippen LogP contribution in [0.1, 0.15) is 11.1 Å². The molecular formula is C13H14N2O2S. The normalized spacial score (nSPS) is 10.3. The van der Waals surface area contributed by atoms with Gasteiger partial charge in [-0.05, 0) is 41.8 Å². The second kappa shape index (κ2) is 5.64. The highest BCUT2D eigenvalue weighted by Crippen LogP contribution is 2.22. The molecule has 0 saturated heterocycles. The zero-order chi connectivity index (χ0) is 13.0. The molecule has 0 unspecified atom stereocenters. The molecule has 1 heterocycles. The number of anilines is 1. The Morgan fingerprint density at radius 1 is 1.39 bits per heavy atom. The molecule has 5 heteroatoms. The van der Waals surface area contributed by atoms with Gasteiger partial charge in [0.05, 0.1) is 4.92 Å². The van der Waals surface area contributed by atoms with Crippen LogP contribution in [-0.4, -0.2) is 11.5 Å². The Labute approximate surface area is 109 Å². The molecule has 2 aromatic rings. The van der Waals surface area contributed by atoms with Gasteiger partial charge in [0.15, 0.2) is 0 Å². The van der Waals surface area contributed by atoms with Crippen LogP contribution < -0.4 is 5.32 Å². The molecule has 1 aromatic carbocycles. The molecule has 94 valence electrons. The topological polar surface area (TPSA) is 55.2 Å². The first-order valence-electron chi connectivity index (χ1n) is 5.67. The maximum atomic E-state index is 10.8. The third kappa shape index (κ3) is 3.07. The molecule has 0 spiro atoms. The average Bonchev–Trinajstić information content (AvgIpc) is 2.84. The van der Waals surface area contributed by atoms with E-state index < -0.39 is 0 Å². The van der Waals surface area contributed by atoms with Crippen LogP contribution in [0.5, 0.6) is 0 Å². The first-order chi connectivity index (χ1) is 8.66. The van der Waals surface area contributed by atoms with Crippen molar-refractivity contribution in [1.82, 2.24) is 0 Å². The number of nitrogens with zero attached hydrogens (tertiary/aromatic N) is 1. The van der Waals surface area contributed by atoms with Gasteiger partial charge >= 0.3 is 0 Å². The van der Waals surface area contributed by atoms with Crippen molar-refractivity contribution < 1.29 is 4.92 Å². The minimum Gasteiger partial charge on any atom is -0.385 e. The van der Waals surface area contributed by atoms with Crippen LogP contribution in [0.25, 0.3) is 0 Å². The number of thiophene rings is 1. The van der Waals surface area contributed by atoms with Gasteiger partial charge in [-0.15, -0.1) is 0 Å². The van der Waals surface area contributed by atoms with Crippen molar-refractivity contribution in [2.75, 3.05) is 11.9 Å². The summed E-state index contributed by atoms with van der Waals surface area (Å²) >= 11 is 1.68. The third-order valence-electron chi connectivity index (χ3n) is 2.73. The number of hydrogen-bond acceptors (Lipinski definition) is 4. The molecule has 0 amide bonds. The molecule has 1 aromatic heterocycles. The number of rotatable bonds is 5. The second-order valence-electron chi connectivity index (χ2n) is 4.07. The zero-order valence-electron chi connectivity index (χ0n) is 10.1. The summed E-state index contributed by atoms with van der Waals surface area (Å²) in [7, 11) is 0. The Morgan fingerprint density at radius 2 is 2.22 bits per heavy atom. The first kappa shape index (κ1) is 12.6. The number of nitrogens with one attached hydrogen (secondary N) is 1. The van der Waals surface area contributed by atoms with E-state index in [0.717, 1.165) is 18.7 Å². The summed E-state index contributed by atoms with van der Waals surface area (Å²) < 4.78 is 0. The standard InChI is InChI=1S/C13H14N2O2S/c1-10-2-3-12(8-13(10)15(16)17)14-6-4-11-5-7-18-9-11/h2-3,5,7-9,14H,4,6H2,1H3. The highest BCUT2D eigenvalue weighted by atomic mass is 32.1. The SMILES string of the molecule is Cc1ccc(NCCc2ccsc2)cc1[N+](=O)[O-]. The quantitative estimate of drug-likeness (QED) is 0.661. The van der Waals surface area contributed by atoms with Crippen LogP contribution in [-0.2, 0) is 6.42 Å². The smallest absolute Gasteiger partial charge is 0.274 e.